The van der Waals surface area contributed by atoms with Gasteiger partial charge in [0, 0.05) is 5.56 Å². The van der Waals surface area contributed by atoms with Crippen LogP contribution in [-0.4, -0.2) is 43.7 Å². The Hall–Kier alpha value is -4.35. The smallest absolute Gasteiger partial charge is 0.304 e. The topological polar surface area (TPSA) is 110 Å². The SMILES string of the molecule is CO/N=C(\COc1ccc(COc2ccc(C3(CC(=O)O)COC3)cc2)cc1)c1ccc(C#N)cc1. The van der Waals surface area contributed by atoms with Crippen LogP contribution in [0.5, 0.6) is 11.5 Å². The van der Waals surface area contributed by atoms with Crippen molar-refractivity contribution in [3.8, 4) is 17.6 Å². The molecule has 3 aromatic carbocycles. The molecule has 0 unspecified atom stereocenters. The van der Waals surface area contributed by atoms with E-state index in [1.807, 2.05) is 48.5 Å². The summed E-state index contributed by atoms with van der Waals surface area (Å²) in [6.45, 7) is 1.42. The predicted molar refractivity (Wildman–Crippen MR) is 132 cm³/mol. The number of rotatable bonds is 11. The molecule has 4 rings (SSSR count). The first-order valence-corrected chi connectivity index (χ1v) is 11.4. The van der Waals surface area contributed by atoms with Crippen LogP contribution in [0.3, 0.4) is 0 Å². The molecule has 1 aliphatic rings. The van der Waals surface area contributed by atoms with E-state index in [1.165, 1.54) is 7.11 Å². The van der Waals surface area contributed by atoms with Gasteiger partial charge in [-0.15, -0.1) is 0 Å². The zero-order valence-corrected chi connectivity index (χ0v) is 19.8. The summed E-state index contributed by atoms with van der Waals surface area (Å²) in [5, 5.41) is 22.2. The highest BCUT2D eigenvalue weighted by Gasteiger charge is 2.42. The molecule has 0 aromatic heterocycles. The Morgan fingerprint density at radius 3 is 2.19 bits per heavy atom. The molecule has 0 bridgehead atoms. The maximum atomic E-state index is 11.2. The first-order valence-electron chi connectivity index (χ1n) is 11.4. The van der Waals surface area contributed by atoms with Crippen LogP contribution in [-0.2, 0) is 26.4 Å². The van der Waals surface area contributed by atoms with Crippen molar-refractivity contribution in [2.24, 2.45) is 5.16 Å². The molecular weight excluding hydrogens is 460 g/mol. The molecule has 3 aromatic rings. The van der Waals surface area contributed by atoms with E-state index in [2.05, 4.69) is 11.2 Å². The molecule has 0 amide bonds. The van der Waals surface area contributed by atoms with E-state index in [-0.39, 0.29) is 13.0 Å². The molecule has 8 nitrogen and oxygen atoms in total. The molecule has 1 N–H and O–H groups in total. The Morgan fingerprint density at radius 2 is 1.64 bits per heavy atom. The Labute approximate surface area is 209 Å². The van der Waals surface area contributed by atoms with E-state index >= 15 is 0 Å². The first kappa shape index (κ1) is 24.8. The van der Waals surface area contributed by atoms with Gasteiger partial charge in [0.15, 0.2) is 0 Å². The van der Waals surface area contributed by atoms with Crippen molar-refractivity contribution in [3.63, 3.8) is 0 Å². The zero-order chi connectivity index (χ0) is 25.4. The maximum absolute atomic E-state index is 11.2. The predicted octanol–water partition coefficient (Wildman–Crippen LogP) is 4.31. The van der Waals surface area contributed by atoms with Crippen molar-refractivity contribution >= 4 is 11.7 Å². The number of oxime groups is 1. The van der Waals surface area contributed by atoms with E-state index < -0.39 is 11.4 Å². The van der Waals surface area contributed by atoms with Gasteiger partial charge in [0.2, 0.25) is 0 Å². The number of hydrogen-bond donors (Lipinski definition) is 1. The lowest BCUT2D eigenvalue weighted by atomic mass is 9.76. The fourth-order valence-electron chi connectivity index (χ4n) is 3.92. The maximum Gasteiger partial charge on any atom is 0.304 e. The van der Waals surface area contributed by atoms with Crippen LogP contribution < -0.4 is 9.47 Å². The second-order valence-corrected chi connectivity index (χ2v) is 8.50. The quantitative estimate of drug-likeness (QED) is 0.318. The standard InChI is InChI=1S/C28H26N2O6/c1-33-30-26(22-6-2-20(15-29)3-7-22)17-36-24-10-4-21(5-11-24)16-35-25-12-8-23(9-13-25)28(14-27(31)32)18-34-19-28/h2-13H,14,16-19H2,1H3,(H,31,32)/b30-26+. The molecule has 0 spiro atoms. The van der Waals surface area contributed by atoms with Crippen LogP contribution in [0.1, 0.15) is 28.7 Å². The molecule has 0 atom stereocenters. The van der Waals surface area contributed by atoms with Gasteiger partial charge in [-0.25, -0.2) is 0 Å². The molecule has 0 saturated carbocycles. The Bertz CT molecular complexity index is 1240. The lowest BCUT2D eigenvalue weighted by Gasteiger charge is -2.40. The summed E-state index contributed by atoms with van der Waals surface area (Å²) in [5.74, 6) is 0.544. The van der Waals surface area contributed by atoms with Crippen molar-refractivity contribution in [1.29, 1.82) is 5.26 Å². The minimum absolute atomic E-state index is 0.0495. The second-order valence-electron chi connectivity index (χ2n) is 8.50. The molecule has 184 valence electrons. The zero-order valence-electron chi connectivity index (χ0n) is 19.8. The van der Waals surface area contributed by atoms with E-state index in [0.717, 1.165) is 16.7 Å². The van der Waals surface area contributed by atoms with E-state index in [0.29, 0.717) is 42.6 Å². The Morgan fingerprint density at radius 1 is 1.00 bits per heavy atom. The minimum Gasteiger partial charge on any atom is -0.489 e. The average Bonchev–Trinajstić information content (AvgIpc) is 2.88. The number of aliphatic carboxylic acids is 1. The van der Waals surface area contributed by atoms with Crippen LogP contribution in [0.25, 0.3) is 0 Å². The van der Waals surface area contributed by atoms with Crippen LogP contribution in [0, 0.1) is 11.3 Å². The number of hydrogen-bond acceptors (Lipinski definition) is 7. The molecule has 8 heteroatoms. The number of nitrogens with zero attached hydrogens (tertiary/aromatic N) is 2. The summed E-state index contributed by atoms with van der Waals surface area (Å²) in [7, 11) is 1.47. The summed E-state index contributed by atoms with van der Waals surface area (Å²) in [6, 6.07) is 24.2. The highest BCUT2D eigenvalue weighted by Crippen LogP contribution is 2.36. The second kappa shape index (κ2) is 11.4. The van der Waals surface area contributed by atoms with Crippen molar-refractivity contribution in [3.05, 3.63) is 95.1 Å². The molecule has 1 saturated heterocycles. The monoisotopic (exact) mass is 486 g/mol. The van der Waals surface area contributed by atoms with Crippen molar-refractivity contribution in [2.45, 2.75) is 18.4 Å². The minimum atomic E-state index is -0.831. The first-order chi connectivity index (χ1) is 17.5. The van der Waals surface area contributed by atoms with Gasteiger partial charge in [0.05, 0.1) is 36.7 Å². The number of carbonyl (C=O) groups is 1. The van der Waals surface area contributed by atoms with E-state index in [1.54, 1.807) is 24.3 Å². The van der Waals surface area contributed by atoms with Gasteiger partial charge < -0.3 is 24.2 Å². The van der Waals surface area contributed by atoms with Crippen LogP contribution >= 0.6 is 0 Å². The third-order valence-corrected chi connectivity index (χ3v) is 5.97. The summed E-state index contributed by atoms with van der Waals surface area (Å²) in [6.07, 6.45) is 0.0495. The van der Waals surface area contributed by atoms with Crippen molar-refractivity contribution in [2.75, 3.05) is 26.9 Å². The van der Waals surface area contributed by atoms with Gasteiger partial charge in [0.1, 0.15) is 37.5 Å². The van der Waals surface area contributed by atoms with Crippen molar-refractivity contribution in [1.82, 2.24) is 0 Å². The lowest BCUT2D eigenvalue weighted by Crippen LogP contribution is -2.48. The third kappa shape index (κ3) is 6.01. The fraction of sp³-hybridized carbons (Fsp3) is 0.250. The van der Waals surface area contributed by atoms with Gasteiger partial charge in [-0.05, 0) is 47.5 Å². The van der Waals surface area contributed by atoms with Gasteiger partial charge in [-0.1, -0.05) is 41.6 Å². The summed E-state index contributed by atoms with van der Waals surface area (Å²) in [5.41, 5.74) is 3.46. The average molecular weight is 487 g/mol. The number of nitriles is 1. The Balaban J connectivity index is 1.30. The highest BCUT2D eigenvalue weighted by molar-refractivity contribution is 6.01. The van der Waals surface area contributed by atoms with Crippen LogP contribution in [0.4, 0.5) is 0 Å². The van der Waals surface area contributed by atoms with E-state index in [9.17, 15) is 9.90 Å². The molecule has 0 aliphatic carbocycles. The molecule has 1 heterocycles. The largest absolute Gasteiger partial charge is 0.489 e. The van der Waals surface area contributed by atoms with Crippen LogP contribution in [0.2, 0.25) is 0 Å². The van der Waals surface area contributed by atoms with Gasteiger partial charge in [-0.2, -0.15) is 5.26 Å². The summed E-state index contributed by atoms with van der Waals surface area (Å²) < 4.78 is 17.0. The summed E-state index contributed by atoms with van der Waals surface area (Å²) in [4.78, 5) is 16.2. The third-order valence-electron chi connectivity index (χ3n) is 5.97. The highest BCUT2D eigenvalue weighted by atomic mass is 16.6. The fourth-order valence-corrected chi connectivity index (χ4v) is 3.92. The Kier molecular flexibility index (Phi) is 7.83. The molecule has 1 aliphatic heterocycles. The summed E-state index contributed by atoms with van der Waals surface area (Å²) >= 11 is 0. The number of ether oxygens (including phenoxy) is 3. The van der Waals surface area contributed by atoms with E-state index in [4.69, 9.17) is 24.3 Å². The molecular formula is C28H26N2O6. The van der Waals surface area contributed by atoms with Crippen LogP contribution in [0.15, 0.2) is 78.0 Å². The van der Waals surface area contributed by atoms with Crippen molar-refractivity contribution < 1.29 is 28.9 Å². The molecule has 36 heavy (non-hydrogen) atoms. The number of benzene rings is 3. The van der Waals surface area contributed by atoms with Gasteiger partial charge in [0.25, 0.3) is 0 Å². The van der Waals surface area contributed by atoms with Gasteiger partial charge >= 0.3 is 5.97 Å². The van der Waals surface area contributed by atoms with Gasteiger partial charge in [-0.3, -0.25) is 4.79 Å². The lowest BCUT2D eigenvalue weighted by molar-refractivity contribution is -0.145. The number of carboxylic acids is 1. The number of carboxylic acid groups (broad SMARTS) is 1. The molecule has 1 fully saturated rings. The normalized spacial score (nSPS) is 14.3. The molecule has 0 radical (unpaired) electrons.